The Balaban J connectivity index is 0.00000341. The second-order valence-corrected chi connectivity index (χ2v) is 7.79. The van der Waals surface area contributed by atoms with Crippen molar-refractivity contribution in [1.29, 1.82) is 0 Å². The van der Waals surface area contributed by atoms with Crippen molar-refractivity contribution in [2.45, 2.75) is 31.7 Å². The van der Waals surface area contributed by atoms with E-state index < -0.39 is 0 Å². The van der Waals surface area contributed by atoms with Gasteiger partial charge in [0.1, 0.15) is 12.3 Å². The lowest BCUT2D eigenvalue weighted by molar-refractivity contribution is -0.127. The number of ether oxygens (including phenoxy) is 1. The molecule has 168 valence electrons. The summed E-state index contributed by atoms with van der Waals surface area (Å²) in [6.45, 7) is 0.825. The average molecular weight is 536 g/mol. The lowest BCUT2D eigenvalue weighted by Gasteiger charge is -2.27. The minimum atomic E-state index is -0.0187. The Morgan fingerprint density at radius 2 is 1.84 bits per heavy atom. The number of hydrogen-bond acceptors (Lipinski definition) is 3. The van der Waals surface area contributed by atoms with E-state index in [2.05, 4.69) is 46.0 Å². The molecule has 1 amide bonds. The number of halogens is 1. The van der Waals surface area contributed by atoms with Crippen molar-refractivity contribution in [1.82, 2.24) is 15.5 Å². The first-order valence-electron chi connectivity index (χ1n) is 10.5. The Labute approximate surface area is 202 Å². The van der Waals surface area contributed by atoms with Gasteiger partial charge in [0.25, 0.3) is 0 Å². The third-order valence-electron chi connectivity index (χ3n) is 5.44. The number of benzene rings is 2. The van der Waals surface area contributed by atoms with E-state index in [-0.39, 0.29) is 36.4 Å². The van der Waals surface area contributed by atoms with Crippen LogP contribution < -0.4 is 15.4 Å². The number of likely N-dealkylation sites (N-methyl/N-ethyl adjacent to an activating group) is 1. The minimum absolute atomic E-state index is 0. The molecule has 6 nitrogen and oxygen atoms in total. The molecular weight excluding hydrogens is 503 g/mol. The molecule has 1 aliphatic rings. The molecule has 1 atom stereocenters. The van der Waals surface area contributed by atoms with Gasteiger partial charge in [-0.15, -0.1) is 24.0 Å². The smallest absolute Gasteiger partial charge is 0.243 e. The Bertz CT molecular complexity index is 885. The van der Waals surface area contributed by atoms with Crippen molar-refractivity contribution in [3.63, 3.8) is 0 Å². The monoisotopic (exact) mass is 536 g/mol. The van der Waals surface area contributed by atoms with E-state index in [1.165, 1.54) is 11.1 Å². The molecule has 2 aromatic carbocycles. The molecule has 0 aromatic heterocycles. The summed E-state index contributed by atoms with van der Waals surface area (Å²) in [5, 5.41) is 6.94. The molecule has 0 aliphatic heterocycles. The number of nitrogens with one attached hydrogen (secondary N) is 2. The fraction of sp³-hybridized carbons (Fsp3) is 0.417. The first-order chi connectivity index (χ1) is 14.6. The summed E-state index contributed by atoms with van der Waals surface area (Å²) in [5.41, 5.74) is 3.96. The average Bonchev–Trinajstić information content (AvgIpc) is 2.77. The molecule has 0 heterocycles. The summed E-state index contributed by atoms with van der Waals surface area (Å²) in [7, 11) is 5.19. The Morgan fingerprint density at radius 3 is 2.58 bits per heavy atom. The minimum Gasteiger partial charge on any atom is -0.496 e. The number of para-hydroxylation sites is 1. The summed E-state index contributed by atoms with van der Waals surface area (Å²) in [5.74, 6) is 1.55. The van der Waals surface area contributed by atoms with Gasteiger partial charge in [0, 0.05) is 26.7 Å². The fourth-order valence-electron chi connectivity index (χ4n) is 3.68. The van der Waals surface area contributed by atoms with Crippen LogP contribution in [-0.2, 0) is 24.1 Å². The number of rotatable bonds is 7. The van der Waals surface area contributed by atoms with E-state index in [4.69, 9.17) is 4.74 Å². The number of aryl methyl sites for hydroxylation is 1. The number of carbonyl (C=O) groups is 1. The molecule has 31 heavy (non-hydrogen) atoms. The molecule has 1 unspecified atom stereocenters. The van der Waals surface area contributed by atoms with Crippen LogP contribution in [0.3, 0.4) is 0 Å². The lowest BCUT2D eigenvalue weighted by atomic mass is 9.88. The largest absolute Gasteiger partial charge is 0.496 e. The first-order valence-corrected chi connectivity index (χ1v) is 10.5. The van der Waals surface area contributed by atoms with Gasteiger partial charge in [-0.3, -0.25) is 4.79 Å². The normalized spacial score (nSPS) is 15.3. The number of nitrogens with zero attached hydrogens (tertiary/aromatic N) is 2. The fourth-order valence-corrected chi connectivity index (χ4v) is 3.68. The summed E-state index contributed by atoms with van der Waals surface area (Å²) < 4.78 is 5.44. The van der Waals surface area contributed by atoms with Crippen LogP contribution in [0.1, 0.15) is 23.1 Å². The number of amides is 1. The zero-order valence-corrected chi connectivity index (χ0v) is 20.9. The molecule has 0 bridgehead atoms. The second kappa shape index (κ2) is 12.5. The number of hydrogen-bond donors (Lipinski definition) is 2. The molecule has 0 saturated carbocycles. The number of fused-ring (bicyclic) bond motifs is 1. The molecular formula is C24H33IN4O2. The predicted molar refractivity (Wildman–Crippen MR) is 137 cm³/mol. The highest BCUT2D eigenvalue weighted by molar-refractivity contribution is 14.0. The van der Waals surface area contributed by atoms with Crippen molar-refractivity contribution in [2.75, 3.05) is 34.3 Å². The van der Waals surface area contributed by atoms with Crippen LogP contribution in [0.25, 0.3) is 0 Å². The maximum Gasteiger partial charge on any atom is 0.243 e. The maximum atomic E-state index is 12.0. The van der Waals surface area contributed by atoms with Crippen molar-refractivity contribution in [3.05, 3.63) is 65.2 Å². The number of guanidine groups is 1. The van der Waals surface area contributed by atoms with E-state index in [1.54, 1.807) is 26.1 Å². The molecule has 1 aliphatic carbocycles. The molecule has 7 heteroatoms. The third-order valence-corrected chi connectivity index (χ3v) is 5.44. The Morgan fingerprint density at radius 1 is 1.13 bits per heavy atom. The molecule has 0 spiro atoms. The number of aliphatic imine (C=N–C) groups is 1. The van der Waals surface area contributed by atoms with Gasteiger partial charge in [0.15, 0.2) is 5.96 Å². The quantitative estimate of drug-likeness (QED) is 0.325. The van der Waals surface area contributed by atoms with Crippen LogP contribution in [0.5, 0.6) is 5.75 Å². The van der Waals surface area contributed by atoms with E-state index in [0.717, 1.165) is 37.0 Å². The maximum absolute atomic E-state index is 12.0. The van der Waals surface area contributed by atoms with Crippen LogP contribution in [-0.4, -0.2) is 57.1 Å². The zero-order valence-electron chi connectivity index (χ0n) is 18.6. The Hall–Kier alpha value is -2.29. The van der Waals surface area contributed by atoms with Crippen LogP contribution in [0, 0.1) is 0 Å². The van der Waals surface area contributed by atoms with Gasteiger partial charge in [-0.2, -0.15) is 0 Å². The zero-order chi connectivity index (χ0) is 21.3. The van der Waals surface area contributed by atoms with Crippen LogP contribution in [0.4, 0.5) is 0 Å². The van der Waals surface area contributed by atoms with Crippen LogP contribution in [0.15, 0.2) is 53.5 Å². The molecule has 3 rings (SSSR count). The van der Waals surface area contributed by atoms with Gasteiger partial charge in [-0.25, -0.2) is 4.99 Å². The van der Waals surface area contributed by atoms with Crippen LogP contribution >= 0.6 is 24.0 Å². The number of methoxy groups -OCH3 is 1. The van der Waals surface area contributed by atoms with E-state index in [1.807, 2.05) is 18.2 Å². The first kappa shape index (κ1) is 25.0. The topological polar surface area (TPSA) is 66.0 Å². The van der Waals surface area contributed by atoms with Crippen LogP contribution in [0.2, 0.25) is 0 Å². The summed E-state index contributed by atoms with van der Waals surface area (Å²) in [6, 6.07) is 16.9. The van der Waals surface area contributed by atoms with Gasteiger partial charge in [-0.05, 0) is 48.4 Å². The summed E-state index contributed by atoms with van der Waals surface area (Å²) >= 11 is 0. The van der Waals surface area contributed by atoms with Gasteiger partial charge >= 0.3 is 0 Å². The lowest BCUT2D eigenvalue weighted by Crippen LogP contribution is -2.46. The van der Waals surface area contributed by atoms with Gasteiger partial charge in [-0.1, -0.05) is 42.5 Å². The highest BCUT2D eigenvalue weighted by Crippen LogP contribution is 2.21. The Kier molecular flexibility index (Phi) is 10.1. The number of carbonyl (C=O) groups excluding carboxylic acids is 1. The molecule has 2 aromatic rings. The van der Waals surface area contributed by atoms with E-state index in [0.29, 0.717) is 18.5 Å². The van der Waals surface area contributed by atoms with Gasteiger partial charge in [0.05, 0.1) is 7.11 Å². The highest BCUT2D eigenvalue weighted by Gasteiger charge is 2.19. The molecule has 2 N–H and O–H groups in total. The van der Waals surface area contributed by atoms with Crippen molar-refractivity contribution in [3.8, 4) is 5.75 Å². The van der Waals surface area contributed by atoms with Crippen molar-refractivity contribution in [2.24, 2.45) is 4.99 Å². The van der Waals surface area contributed by atoms with Gasteiger partial charge < -0.3 is 20.3 Å². The predicted octanol–water partition coefficient (Wildman–Crippen LogP) is 3.04. The molecule has 0 fully saturated rings. The second-order valence-electron chi connectivity index (χ2n) is 7.79. The van der Waals surface area contributed by atoms with E-state index in [9.17, 15) is 4.79 Å². The van der Waals surface area contributed by atoms with Crippen molar-refractivity contribution >= 4 is 35.8 Å². The summed E-state index contributed by atoms with van der Waals surface area (Å²) in [6.07, 6.45) is 3.87. The SMILES string of the molecule is COc1ccccc1CCNC(=NCC(=O)N(C)C)NC1CCc2ccccc2C1.I. The molecule has 0 saturated heterocycles. The third kappa shape index (κ3) is 7.41. The highest BCUT2D eigenvalue weighted by atomic mass is 127. The van der Waals surface area contributed by atoms with Gasteiger partial charge in [0.2, 0.25) is 5.91 Å². The summed E-state index contributed by atoms with van der Waals surface area (Å²) in [4.78, 5) is 18.1. The van der Waals surface area contributed by atoms with E-state index >= 15 is 0 Å². The molecule has 0 radical (unpaired) electrons. The van der Waals surface area contributed by atoms with Crippen molar-refractivity contribution < 1.29 is 9.53 Å². The standard InChI is InChI=1S/C24H32N4O2.HI/c1-28(2)23(29)17-26-24(25-15-14-19-9-6-7-11-22(19)30-3)27-21-13-12-18-8-4-5-10-20(18)16-21;/h4-11,21H,12-17H2,1-3H3,(H2,25,26,27);1H.